The number of amides is 1. The molecule has 2 saturated carbocycles. The number of carbonyl (C=O) groups is 1. The zero-order chi connectivity index (χ0) is 25.1. The van der Waals surface area contributed by atoms with Crippen LogP contribution in [0.15, 0.2) is 36.4 Å². The highest BCUT2D eigenvalue weighted by molar-refractivity contribution is 5.85. The lowest BCUT2D eigenvalue weighted by molar-refractivity contribution is -0.127. The number of hydrogen-bond donors (Lipinski definition) is 1. The monoisotopic (exact) mass is 491 g/mol. The van der Waals surface area contributed by atoms with E-state index in [0.29, 0.717) is 16.9 Å². The van der Waals surface area contributed by atoms with Crippen LogP contribution in [0.2, 0.25) is 0 Å². The molecular formula is C30H38FN3O2. The number of aromatic nitrogens is 2. The number of carbonyl (C=O) groups excluding carboxylic acids is 1. The van der Waals surface area contributed by atoms with Crippen molar-refractivity contribution in [2.75, 3.05) is 0 Å². The molecule has 2 aliphatic rings. The molecule has 36 heavy (non-hydrogen) atoms. The van der Waals surface area contributed by atoms with Crippen molar-refractivity contribution in [2.45, 2.75) is 96.7 Å². The van der Waals surface area contributed by atoms with Crippen molar-refractivity contribution in [3.05, 3.63) is 59.2 Å². The molecule has 1 unspecified atom stereocenters. The van der Waals surface area contributed by atoms with E-state index in [-0.39, 0.29) is 30.3 Å². The van der Waals surface area contributed by atoms with E-state index in [4.69, 9.17) is 9.72 Å². The van der Waals surface area contributed by atoms with E-state index in [0.717, 1.165) is 62.7 Å². The van der Waals surface area contributed by atoms with Gasteiger partial charge >= 0.3 is 0 Å². The van der Waals surface area contributed by atoms with Crippen LogP contribution < -0.4 is 10.1 Å². The van der Waals surface area contributed by atoms with Gasteiger partial charge in [-0.2, -0.15) is 0 Å². The number of halogens is 1. The van der Waals surface area contributed by atoms with Crippen LogP contribution in [0.1, 0.15) is 87.2 Å². The van der Waals surface area contributed by atoms with Gasteiger partial charge in [-0.15, -0.1) is 0 Å². The average molecular weight is 492 g/mol. The first-order chi connectivity index (χ1) is 17.5. The van der Waals surface area contributed by atoms with Gasteiger partial charge in [0.2, 0.25) is 5.91 Å². The molecular weight excluding hydrogens is 453 g/mol. The molecule has 192 valence electrons. The Bertz CT molecular complexity index is 1210. The summed E-state index contributed by atoms with van der Waals surface area (Å²) >= 11 is 0. The number of fused-ring (bicyclic) bond motifs is 1. The largest absolute Gasteiger partial charge is 0.485 e. The van der Waals surface area contributed by atoms with Gasteiger partial charge in [0, 0.05) is 6.04 Å². The predicted molar refractivity (Wildman–Crippen MR) is 141 cm³/mol. The molecule has 2 aromatic carbocycles. The summed E-state index contributed by atoms with van der Waals surface area (Å²) in [6.45, 7) is 4.31. The minimum absolute atomic E-state index is 0.0464. The lowest BCUT2D eigenvalue weighted by atomic mass is 9.83. The molecule has 0 aliphatic heterocycles. The van der Waals surface area contributed by atoms with E-state index in [9.17, 15) is 9.18 Å². The number of imidazole rings is 1. The number of ether oxygens (including phenoxy) is 1. The Kier molecular flexibility index (Phi) is 7.59. The molecule has 1 N–H and O–H groups in total. The number of nitrogens with zero attached hydrogens (tertiary/aromatic N) is 2. The Morgan fingerprint density at radius 1 is 1.03 bits per heavy atom. The Hall–Kier alpha value is -2.89. The van der Waals surface area contributed by atoms with Crippen LogP contribution in [0, 0.1) is 25.6 Å². The highest BCUT2D eigenvalue weighted by Crippen LogP contribution is 2.37. The molecule has 3 aromatic rings. The second kappa shape index (κ2) is 11.0. The summed E-state index contributed by atoms with van der Waals surface area (Å²) in [5.74, 6) is 1.39. The smallest absolute Gasteiger partial charge is 0.243 e. The van der Waals surface area contributed by atoms with Gasteiger partial charge in [0.1, 0.15) is 30.0 Å². The van der Waals surface area contributed by atoms with Crippen molar-refractivity contribution in [3.8, 4) is 5.75 Å². The molecule has 1 aromatic heterocycles. The van der Waals surface area contributed by atoms with Crippen LogP contribution in [-0.2, 0) is 11.4 Å². The van der Waals surface area contributed by atoms with Gasteiger partial charge in [-0.3, -0.25) is 4.79 Å². The fourth-order valence-electron chi connectivity index (χ4n) is 6.16. The number of rotatable bonds is 7. The van der Waals surface area contributed by atoms with Crippen molar-refractivity contribution in [1.82, 2.24) is 14.9 Å². The summed E-state index contributed by atoms with van der Waals surface area (Å²) in [6, 6.07) is 10.6. The Morgan fingerprint density at radius 2 is 1.75 bits per heavy atom. The van der Waals surface area contributed by atoms with E-state index in [1.807, 2.05) is 23.6 Å². The highest BCUT2D eigenvalue weighted by atomic mass is 19.1. The van der Waals surface area contributed by atoms with Crippen molar-refractivity contribution < 1.29 is 13.9 Å². The topological polar surface area (TPSA) is 56.2 Å². The van der Waals surface area contributed by atoms with E-state index in [2.05, 4.69) is 18.3 Å². The first-order valence-corrected chi connectivity index (χ1v) is 13.7. The maximum Gasteiger partial charge on any atom is 0.243 e. The van der Waals surface area contributed by atoms with Crippen LogP contribution in [0.3, 0.4) is 0 Å². The highest BCUT2D eigenvalue weighted by Gasteiger charge is 2.35. The Morgan fingerprint density at radius 3 is 2.47 bits per heavy atom. The third-order valence-electron chi connectivity index (χ3n) is 8.01. The molecule has 1 atom stereocenters. The minimum atomic E-state index is -0.420. The third kappa shape index (κ3) is 5.42. The molecule has 0 spiro atoms. The van der Waals surface area contributed by atoms with Crippen LogP contribution in [0.25, 0.3) is 11.0 Å². The van der Waals surface area contributed by atoms with Crippen molar-refractivity contribution in [1.29, 1.82) is 0 Å². The fraction of sp³-hybridized carbons (Fsp3) is 0.533. The van der Waals surface area contributed by atoms with Crippen LogP contribution in [0.5, 0.6) is 5.75 Å². The summed E-state index contributed by atoms with van der Waals surface area (Å²) in [7, 11) is 0. The summed E-state index contributed by atoms with van der Waals surface area (Å²) < 4.78 is 22.7. The van der Waals surface area contributed by atoms with E-state index < -0.39 is 6.04 Å². The van der Waals surface area contributed by atoms with Gasteiger partial charge in [-0.1, -0.05) is 56.2 Å². The van der Waals surface area contributed by atoms with Crippen molar-refractivity contribution in [3.63, 3.8) is 0 Å². The van der Waals surface area contributed by atoms with Crippen LogP contribution in [0.4, 0.5) is 4.39 Å². The summed E-state index contributed by atoms with van der Waals surface area (Å²) in [5.41, 5.74) is 3.60. The molecule has 1 heterocycles. The average Bonchev–Trinajstić information content (AvgIpc) is 3.22. The molecule has 2 fully saturated rings. The van der Waals surface area contributed by atoms with Gasteiger partial charge in [0.15, 0.2) is 0 Å². The lowest BCUT2D eigenvalue weighted by Gasteiger charge is -2.33. The SMILES string of the molecule is Cc1ccc(OCc2nc3ccc(F)cc3n2C(C(=O)NC2CCCCC2)C2CCCCC2)c(C)c1. The van der Waals surface area contributed by atoms with Gasteiger partial charge < -0.3 is 14.6 Å². The maximum absolute atomic E-state index is 14.5. The second-order valence-corrected chi connectivity index (χ2v) is 10.8. The summed E-state index contributed by atoms with van der Waals surface area (Å²) in [6.07, 6.45) is 11.1. The molecule has 0 saturated heterocycles. The Balaban J connectivity index is 1.53. The zero-order valence-electron chi connectivity index (χ0n) is 21.6. The fourth-order valence-corrected chi connectivity index (χ4v) is 6.16. The zero-order valence-corrected chi connectivity index (χ0v) is 21.6. The quantitative estimate of drug-likeness (QED) is 0.389. The normalized spacial score (nSPS) is 18.3. The number of benzene rings is 2. The molecule has 5 rings (SSSR count). The van der Waals surface area contributed by atoms with Crippen LogP contribution >= 0.6 is 0 Å². The molecule has 6 heteroatoms. The Labute approximate surface area is 213 Å². The van der Waals surface area contributed by atoms with Crippen LogP contribution in [-0.4, -0.2) is 21.5 Å². The van der Waals surface area contributed by atoms with Gasteiger partial charge in [0.25, 0.3) is 0 Å². The molecule has 0 bridgehead atoms. The predicted octanol–water partition coefficient (Wildman–Crippen LogP) is 6.94. The van der Waals surface area contributed by atoms with Crippen molar-refractivity contribution >= 4 is 16.9 Å². The summed E-state index contributed by atoms with van der Waals surface area (Å²) in [5, 5.41) is 3.38. The minimum Gasteiger partial charge on any atom is -0.485 e. The van der Waals surface area contributed by atoms with E-state index >= 15 is 0 Å². The van der Waals surface area contributed by atoms with Gasteiger partial charge in [-0.05, 0) is 75.3 Å². The number of hydrogen-bond acceptors (Lipinski definition) is 3. The lowest BCUT2D eigenvalue weighted by Crippen LogP contribution is -2.44. The van der Waals surface area contributed by atoms with Gasteiger partial charge in [-0.25, -0.2) is 9.37 Å². The standard InChI is InChI=1S/C30H38FN3O2/c1-20-13-16-27(21(2)17-20)36-19-28-33-25-15-14-23(31)18-26(25)34(28)29(22-9-5-3-6-10-22)30(35)32-24-11-7-4-8-12-24/h13-18,22,24,29H,3-12,19H2,1-2H3,(H,32,35). The number of aryl methyl sites for hydroxylation is 2. The molecule has 2 aliphatic carbocycles. The van der Waals surface area contributed by atoms with Crippen molar-refractivity contribution in [2.24, 2.45) is 5.92 Å². The third-order valence-corrected chi connectivity index (χ3v) is 8.01. The maximum atomic E-state index is 14.5. The first-order valence-electron chi connectivity index (χ1n) is 13.7. The molecule has 5 nitrogen and oxygen atoms in total. The molecule has 1 amide bonds. The first kappa shape index (κ1) is 24.8. The summed E-state index contributed by atoms with van der Waals surface area (Å²) in [4.78, 5) is 18.8. The van der Waals surface area contributed by atoms with E-state index in [1.165, 1.54) is 30.5 Å². The molecule has 0 radical (unpaired) electrons. The second-order valence-electron chi connectivity index (χ2n) is 10.8. The van der Waals surface area contributed by atoms with E-state index in [1.54, 1.807) is 6.07 Å². The van der Waals surface area contributed by atoms with Gasteiger partial charge in [0.05, 0.1) is 11.0 Å². The number of nitrogens with one attached hydrogen (secondary N) is 1.